The quantitative estimate of drug-likeness (QED) is 0.139. The summed E-state index contributed by atoms with van der Waals surface area (Å²) in [6, 6.07) is 25.3. The maximum absolute atomic E-state index is 13.4. The standard InChI is InChI=1S/C23H14F6N2O3.C22H11F7N2O3/c1-33-16-9-10-18-19(12-16)21(32)31(15-7-5-14(6-8-15)22(24,25)26)30-20(18)13-3-2-4-17(11-13)34-23(27,28)29;23-13-4-6-14(7-5-13)31-20(32)18-11-16(34-22(27,28)29)8-9-17(18)19(30-31)12-2-1-3-15(10-12)33-21(24,25)26/h2-12H,1H3;1-11H. The third kappa shape index (κ3) is 11.3. The molecular formula is C45H25F13N4O6. The summed E-state index contributed by atoms with van der Waals surface area (Å²) < 4.78 is 185. The lowest BCUT2D eigenvalue weighted by Crippen LogP contribution is -2.23. The third-order valence-corrected chi connectivity index (χ3v) is 9.40. The van der Waals surface area contributed by atoms with Gasteiger partial charge in [0.25, 0.3) is 11.1 Å². The molecule has 23 heteroatoms. The number of halogens is 13. The second-order valence-electron chi connectivity index (χ2n) is 14.0. The molecule has 68 heavy (non-hydrogen) atoms. The number of hydrogen-bond acceptors (Lipinski definition) is 8. The van der Waals surface area contributed by atoms with E-state index in [1.54, 1.807) is 6.07 Å². The van der Waals surface area contributed by atoms with Crippen molar-refractivity contribution in [2.45, 2.75) is 25.3 Å². The number of hydrogen-bond donors (Lipinski definition) is 0. The van der Waals surface area contributed by atoms with E-state index in [1.807, 2.05) is 0 Å². The molecule has 0 aliphatic rings. The van der Waals surface area contributed by atoms with Gasteiger partial charge in [0.05, 0.1) is 46.2 Å². The molecule has 8 rings (SSSR count). The van der Waals surface area contributed by atoms with Crippen LogP contribution in [-0.4, -0.2) is 45.8 Å². The Bertz CT molecular complexity index is 3260. The van der Waals surface area contributed by atoms with Crippen molar-refractivity contribution in [2.75, 3.05) is 7.11 Å². The van der Waals surface area contributed by atoms with Gasteiger partial charge in [0, 0.05) is 21.9 Å². The van der Waals surface area contributed by atoms with E-state index in [4.69, 9.17) is 4.74 Å². The number of aromatic nitrogens is 4. The molecule has 2 aromatic heterocycles. The SMILES string of the molecule is COc1ccc2c(-c3cccc(OC(F)(F)F)c3)nn(-c3ccc(C(F)(F)F)cc3)c(=O)c2c1.O=c1c2cc(OC(F)(F)F)ccc2c(-c2cccc(OC(F)(F)F)c2)nn1-c1ccc(F)cc1. The van der Waals surface area contributed by atoms with Crippen molar-refractivity contribution >= 4 is 21.5 Å². The molecule has 0 fully saturated rings. The largest absolute Gasteiger partial charge is 0.573 e. The number of methoxy groups -OCH3 is 1. The summed E-state index contributed by atoms with van der Waals surface area (Å²) in [6.45, 7) is 0. The van der Waals surface area contributed by atoms with Crippen LogP contribution in [0.25, 0.3) is 55.4 Å². The summed E-state index contributed by atoms with van der Waals surface area (Å²) in [5, 5.41) is 8.65. The average molecular weight is 965 g/mol. The Balaban J connectivity index is 0.000000201. The molecular weight excluding hydrogens is 939 g/mol. The summed E-state index contributed by atoms with van der Waals surface area (Å²) in [4.78, 5) is 26.2. The lowest BCUT2D eigenvalue weighted by atomic mass is 10.0. The Hall–Kier alpha value is -8.11. The van der Waals surface area contributed by atoms with Crippen LogP contribution < -0.4 is 30.1 Å². The van der Waals surface area contributed by atoms with Crippen LogP contribution >= 0.6 is 0 Å². The van der Waals surface area contributed by atoms with Gasteiger partial charge in [0.15, 0.2) is 0 Å². The van der Waals surface area contributed by atoms with E-state index in [1.165, 1.54) is 55.6 Å². The van der Waals surface area contributed by atoms with E-state index in [2.05, 4.69) is 24.4 Å². The van der Waals surface area contributed by atoms with Gasteiger partial charge in [-0.25, -0.2) is 4.39 Å². The summed E-state index contributed by atoms with van der Waals surface area (Å²) in [7, 11) is 1.38. The molecule has 0 radical (unpaired) electrons. The molecule has 0 aliphatic heterocycles. The molecule has 6 aromatic carbocycles. The predicted molar refractivity (Wildman–Crippen MR) is 217 cm³/mol. The molecule has 0 spiro atoms. The molecule has 0 saturated carbocycles. The Kier molecular flexibility index (Phi) is 12.9. The monoisotopic (exact) mass is 964 g/mol. The minimum absolute atomic E-state index is 0.0340. The topological polar surface area (TPSA) is 107 Å². The van der Waals surface area contributed by atoms with Crippen LogP contribution in [0.4, 0.5) is 57.1 Å². The highest BCUT2D eigenvalue weighted by Gasteiger charge is 2.34. The molecule has 10 nitrogen and oxygen atoms in total. The molecule has 0 amide bonds. The Morgan fingerprint density at radius 3 is 1.22 bits per heavy atom. The molecule has 0 atom stereocenters. The summed E-state index contributed by atoms with van der Waals surface area (Å²) in [5.74, 6) is -2.04. The molecule has 0 N–H and O–H groups in total. The van der Waals surface area contributed by atoms with Crippen LogP contribution in [-0.2, 0) is 6.18 Å². The van der Waals surface area contributed by atoms with Crippen molar-refractivity contribution in [3.05, 3.63) is 166 Å². The number of ether oxygens (including phenoxy) is 4. The predicted octanol–water partition coefficient (Wildman–Crippen LogP) is 12.0. The van der Waals surface area contributed by atoms with Gasteiger partial charge in [0.2, 0.25) is 0 Å². The molecule has 0 unspecified atom stereocenters. The van der Waals surface area contributed by atoms with Gasteiger partial charge in [-0.1, -0.05) is 24.3 Å². The van der Waals surface area contributed by atoms with Gasteiger partial charge in [-0.15, -0.1) is 39.5 Å². The Morgan fingerprint density at radius 1 is 0.441 bits per heavy atom. The van der Waals surface area contributed by atoms with E-state index in [0.717, 1.165) is 88.2 Å². The van der Waals surface area contributed by atoms with E-state index < -0.39 is 65.0 Å². The van der Waals surface area contributed by atoms with E-state index in [-0.39, 0.29) is 50.0 Å². The number of alkyl halides is 12. The smallest absolute Gasteiger partial charge is 0.497 e. The number of rotatable bonds is 8. The number of fused-ring (bicyclic) bond motifs is 2. The molecule has 0 saturated heterocycles. The van der Waals surface area contributed by atoms with Gasteiger partial charge >= 0.3 is 25.3 Å². The zero-order chi connectivity index (χ0) is 49.3. The average Bonchev–Trinajstić information content (AvgIpc) is 3.25. The molecule has 352 valence electrons. The first kappa shape index (κ1) is 47.8. The second kappa shape index (κ2) is 18.3. The third-order valence-electron chi connectivity index (χ3n) is 9.40. The fourth-order valence-corrected chi connectivity index (χ4v) is 6.60. The first-order valence-corrected chi connectivity index (χ1v) is 19.0. The fourth-order valence-electron chi connectivity index (χ4n) is 6.60. The number of nitrogens with zero attached hydrogens (tertiary/aromatic N) is 4. The van der Waals surface area contributed by atoms with Crippen molar-refractivity contribution in [3.8, 4) is 56.9 Å². The van der Waals surface area contributed by atoms with E-state index in [9.17, 15) is 66.7 Å². The van der Waals surface area contributed by atoms with Crippen LogP contribution in [0, 0.1) is 5.82 Å². The van der Waals surface area contributed by atoms with E-state index in [0.29, 0.717) is 11.1 Å². The highest BCUT2D eigenvalue weighted by molar-refractivity contribution is 5.96. The number of benzene rings is 6. The summed E-state index contributed by atoms with van der Waals surface area (Å²) in [6.07, 6.45) is -19.5. The minimum atomic E-state index is -5.03. The van der Waals surface area contributed by atoms with Gasteiger partial charge in [-0.2, -0.15) is 32.7 Å². The lowest BCUT2D eigenvalue weighted by molar-refractivity contribution is -0.275. The second-order valence-corrected chi connectivity index (χ2v) is 14.0. The maximum atomic E-state index is 13.4. The summed E-state index contributed by atoms with van der Waals surface area (Å²) in [5.41, 5.74) is -1.98. The van der Waals surface area contributed by atoms with Crippen molar-refractivity contribution in [3.63, 3.8) is 0 Å². The Labute approximate surface area is 371 Å². The van der Waals surface area contributed by atoms with Crippen molar-refractivity contribution in [2.24, 2.45) is 0 Å². The normalized spacial score (nSPS) is 12.1. The highest BCUT2D eigenvalue weighted by Crippen LogP contribution is 2.35. The zero-order valence-corrected chi connectivity index (χ0v) is 33.9. The molecule has 0 bridgehead atoms. The van der Waals surface area contributed by atoms with E-state index >= 15 is 0 Å². The van der Waals surface area contributed by atoms with Crippen LogP contribution in [0.1, 0.15) is 5.56 Å². The van der Waals surface area contributed by atoms with Crippen molar-refractivity contribution in [1.82, 2.24) is 19.6 Å². The molecule has 0 aliphatic carbocycles. The molecule has 8 aromatic rings. The first-order chi connectivity index (χ1) is 31.9. The van der Waals surface area contributed by atoms with Crippen molar-refractivity contribution in [1.29, 1.82) is 0 Å². The molecule has 2 heterocycles. The van der Waals surface area contributed by atoms with Gasteiger partial charge in [-0.05, 0) is 109 Å². The summed E-state index contributed by atoms with van der Waals surface area (Å²) >= 11 is 0. The van der Waals surface area contributed by atoms with Gasteiger partial charge < -0.3 is 18.9 Å². The maximum Gasteiger partial charge on any atom is 0.573 e. The van der Waals surface area contributed by atoms with Crippen LogP contribution in [0.2, 0.25) is 0 Å². The fraction of sp³-hybridized carbons (Fsp3) is 0.111. The van der Waals surface area contributed by atoms with Gasteiger partial charge in [-0.3, -0.25) is 9.59 Å². The highest BCUT2D eigenvalue weighted by atomic mass is 19.4. The van der Waals surface area contributed by atoms with Crippen LogP contribution in [0.3, 0.4) is 0 Å². The van der Waals surface area contributed by atoms with Crippen molar-refractivity contribution < 1.29 is 76.0 Å². The van der Waals surface area contributed by atoms with Gasteiger partial charge in [0.1, 0.15) is 28.8 Å². The zero-order valence-electron chi connectivity index (χ0n) is 33.9. The van der Waals surface area contributed by atoms with Crippen LogP contribution in [0.15, 0.2) is 143 Å². The van der Waals surface area contributed by atoms with Crippen LogP contribution in [0.5, 0.6) is 23.0 Å². The Morgan fingerprint density at radius 2 is 0.824 bits per heavy atom. The minimum Gasteiger partial charge on any atom is -0.497 e. The lowest BCUT2D eigenvalue weighted by Gasteiger charge is -2.14. The first-order valence-electron chi connectivity index (χ1n) is 19.0.